The van der Waals surface area contributed by atoms with Gasteiger partial charge in [0.1, 0.15) is 11.5 Å². The Kier molecular flexibility index (Phi) is 6.89. The molecule has 6 N–H and O–H groups in total. The van der Waals surface area contributed by atoms with Crippen LogP contribution >= 0.6 is 0 Å². The van der Waals surface area contributed by atoms with Crippen LogP contribution in [0.2, 0.25) is 0 Å². The Bertz CT molecular complexity index is 881. The number of nitrogen functional groups attached to an aromatic ring is 1. The number of aromatic hydroxyl groups is 2. The molecule has 3 aromatic rings. The van der Waals surface area contributed by atoms with Crippen LogP contribution in [0.3, 0.4) is 0 Å². The zero-order valence-electron chi connectivity index (χ0n) is 15.8. The molecule has 146 valence electrons. The standard InChI is InChI=1S/C23H27N3O2/c24-20-11-9-17(10-12-20)13-21(26-15-19-6-2-4-8-23(19)28)16-25-14-18-5-1-3-7-22(18)27/h1-12,21,25-28H,13-16,24H2/t21-/m0/s1. The molecule has 0 unspecified atom stereocenters. The highest BCUT2D eigenvalue weighted by Crippen LogP contribution is 2.17. The number of phenols is 2. The van der Waals surface area contributed by atoms with Crippen LogP contribution in [0.25, 0.3) is 0 Å². The molecular weight excluding hydrogens is 350 g/mol. The quantitative estimate of drug-likeness (QED) is 0.370. The fraction of sp³-hybridized carbons (Fsp3) is 0.217. The van der Waals surface area contributed by atoms with Crippen molar-refractivity contribution in [2.24, 2.45) is 0 Å². The first-order chi connectivity index (χ1) is 13.6. The average molecular weight is 377 g/mol. The number of hydrogen-bond acceptors (Lipinski definition) is 5. The predicted molar refractivity (Wildman–Crippen MR) is 113 cm³/mol. The third kappa shape index (κ3) is 5.74. The molecule has 0 aliphatic heterocycles. The van der Waals surface area contributed by atoms with Gasteiger partial charge in [-0.05, 0) is 36.2 Å². The van der Waals surface area contributed by atoms with Crippen molar-refractivity contribution in [2.75, 3.05) is 12.3 Å². The van der Waals surface area contributed by atoms with Gasteiger partial charge in [-0.3, -0.25) is 0 Å². The number of hydrogen-bond donors (Lipinski definition) is 5. The van der Waals surface area contributed by atoms with E-state index in [0.29, 0.717) is 31.1 Å². The Morgan fingerprint density at radius 2 is 1.32 bits per heavy atom. The molecule has 0 heterocycles. The fourth-order valence-corrected chi connectivity index (χ4v) is 3.11. The summed E-state index contributed by atoms with van der Waals surface area (Å²) in [5, 5.41) is 26.9. The predicted octanol–water partition coefficient (Wildman–Crippen LogP) is 3.17. The molecule has 0 fully saturated rings. The van der Waals surface area contributed by atoms with E-state index in [-0.39, 0.29) is 6.04 Å². The Hall–Kier alpha value is -3.02. The molecule has 28 heavy (non-hydrogen) atoms. The van der Waals surface area contributed by atoms with Gasteiger partial charge in [0, 0.05) is 42.5 Å². The summed E-state index contributed by atoms with van der Waals surface area (Å²) < 4.78 is 0. The summed E-state index contributed by atoms with van der Waals surface area (Å²) in [5.41, 5.74) is 9.46. The van der Waals surface area contributed by atoms with E-state index < -0.39 is 0 Å². The third-order valence-electron chi connectivity index (χ3n) is 4.73. The zero-order valence-corrected chi connectivity index (χ0v) is 15.8. The van der Waals surface area contributed by atoms with E-state index in [1.807, 2.05) is 60.7 Å². The van der Waals surface area contributed by atoms with Gasteiger partial charge in [0.25, 0.3) is 0 Å². The highest BCUT2D eigenvalue weighted by molar-refractivity contribution is 5.39. The largest absolute Gasteiger partial charge is 0.508 e. The molecule has 0 aliphatic carbocycles. The van der Waals surface area contributed by atoms with Gasteiger partial charge in [-0.15, -0.1) is 0 Å². The molecule has 0 saturated carbocycles. The highest BCUT2D eigenvalue weighted by atomic mass is 16.3. The minimum atomic E-state index is 0.147. The van der Waals surface area contributed by atoms with Gasteiger partial charge < -0.3 is 26.6 Å². The second kappa shape index (κ2) is 9.78. The van der Waals surface area contributed by atoms with Crippen LogP contribution in [-0.4, -0.2) is 22.8 Å². The first kappa shape index (κ1) is 19.7. The fourth-order valence-electron chi connectivity index (χ4n) is 3.11. The van der Waals surface area contributed by atoms with E-state index in [4.69, 9.17) is 5.73 Å². The summed E-state index contributed by atoms with van der Waals surface area (Å²) in [5.74, 6) is 0.593. The van der Waals surface area contributed by atoms with Gasteiger partial charge in [-0.2, -0.15) is 0 Å². The molecular formula is C23H27N3O2. The lowest BCUT2D eigenvalue weighted by molar-refractivity contribution is 0.437. The van der Waals surface area contributed by atoms with E-state index in [2.05, 4.69) is 10.6 Å². The molecule has 0 aromatic heterocycles. The van der Waals surface area contributed by atoms with Gasteiger partial charge in [0.05, 0.1) is 0 Å². The molecule has 0 spiro atoms. The molecule has 0 radical (unpaired) electrons. The molecule has 1 atom stereocenters. The summed E-state index contributed by atoms with van der Waals surface area (Å²) in [6.45, 7) is 1.88. The second-order valence-electron chi connectivity index (χ2n) is 6.91. The van der Waals surface area contributed by atoms with Crippen molar-refractivity contribution in [2.45, 2.75) is 25.6 Å². The average Bonchev–Trinajstić information content (AvgIpc) is 2.70. The third-order valence-corrected chi connectivity index (χ3v) is 4.73. The van der Waals surface area contributed by atoms with Crippen LogP contribution in [0.15, 0.2) is 72.8 Å². The Morgan fingerprint density at radius 3 is 1.93 bits per heavy atom. The van der Waals surface area contributed by atoms with E-state index in [0.717, 1.165) is 23.2 Å². The van der Waals surface area contributed by atoms with E-state index in [1.54, 1.807) is 12.1 Å². The van der Waals surface area contributed by atoms with Crippen molar-refractivity contribution in [3.05, 3.63) is 89.5 Å². The van der Waals surface area contributed by atoms with Crippen LogP contribution in [0, 0.1) is 0 Å². The summed E-state index contributed by atoms with van der Waals surface area (Å²) >= 11 is 0. The lowest BCUT2D eigenvalue weighted by Gasteiger charge is -2.20. The van der Waals surface area contributed by atoms with Crippen molar-refractivity contribution in [1.82, 2.24) is 10.6 Å². The molecule has 3 rings (SSSR count). The SMILES string of the molecule is Nc1ccc(C[C@@H](CNCc2ccccc2O)NCc2ccccc2O)cc1. The monoisotopic (exact) mass is 377 g/mol. The van der Waals surface area contributed by atoms with Gasteiger partial charge in [-0.1, -0.05) is 48.5 Å². The minimum absolute atomic E-state index is 0.147. The molecule has 0 bridgehead atoms. The lowest BCUT2D eigenvalue weighted by Crippen LogP contribution is -2.39. The summed E-state index contributed by atoms with van der Waals surface area (Å²) in [6, 6.07) is 22.7. The van der Waals surface area contributed by atoms with Crippen LogP contribution in [0.5, 0.6) is 11.5 Å². The smallest absolute Gasteiger partial charge is 0.120 e. The Morgan fingerprint density at radius 1 is 0.750 bits per heavy atom. The van der Waals surface area contributed by atoms with Gasteiger partial charge in [0.2, 0.25) is 0 Å². The molecule has 0 aliphatic rings. The van der Waals surface area contributed by atoms with Crippen molar-refractivity contribution in [1.29, 1.82) is 0 Å². The zero-order chi connectivity index (χ0) is 19.8. The maximum Gasteiger partial charge on any atom is 0.120 e. The highest BCUT2D eigenvalue weighted by Gasteiger charge is 2.11. The van der Waals surface area contributed by atoms with Crippen molar-refractivity contribution in [3.8, 4) is 11.5 Å². The molecule has 5 heteroatoms. The normalized spacial score (nSPS) is 12.0. The Labute approximate surface area is 165 Å². The van der Waals surface area contributed by atoms with E-state index >= 15 is 0 Å². The number of anilines is 1. The van der Waals surface area contributed by atoms with Crippen LogP contribution in [0.4, 0.5) is 5.69 Å². The van der Waals surface area contributed by atoms with E-state index in [9.17, 15) is 10.2 Å². The van der Waals surface area contributed by atoms with Crippen LogP contribution < -0.4 is 16.4 Å². The molecule has 5 nitrogen and oxygen atoms in total. The molecule has 0 saturated heterocycles. The number of nitrogens with one attached hydrogen (secondary N) is 2. The first-order valence-corrected chi connectivity index (χ1v) is 9.44. The van der Waals surface area contributed by atoms with E-state index in [1.165, 1.54) is 5.56 Å². The van der Waals surface area contributed by atoms with Crippen molar-refractivity contribution >= 4 is 5.69 Å². The maximum atomic E-state index is 10.0. The number of phenolic OH excluding ortho intramolecular Hbond substituents is 2. The van der Waals surface area contributed by atoms with Gasteiger partial charge in [0.15, 0.2) is 0 Å². The van der Waals surface area contributed by atoms with Crippen LogP contribution in [-0.2, 0) is 19.5 Å². The summed E-state index contributed by atoms with van der Waals surface area (Å²) in [7, 11) is 0. The molecule has 0 amide bonds. The van der Waals surface area contributed by atoms with Crippen LogP contribution in [0.1, 0.15) is 16.7 Å². The van der Waals surface area contributed by atoms with Gasteiger partial charge in [-0.25, -0.2) is 0 Å². The second-order valence-corrected chi connectivity index (χ2v) is 6.91. The lowest BCUT2D eigenvalue weighted by atomic mass is 10.0. The first-order valence-electron chi connectivity index (χ1n) is 9.44. The number of nitrogens with two attached hydrogens (primary N) is 1. The number of benzene rings is 3. The number of para-hydroxylation sites is 2. The minimum Gasteiger partial charge on any atom is -0.508 e. The maximum absolute atomic E-state index is 10.0. The molecule has 3 aromatic carbocycles. The van der Waals surface area contributed by atoms with Crippen molar-refractivity contribution < 1.29 is 10.2 Å². The topological polar surface area (TPSA) is 90.5 Å². The summed E-state index contributed by atoms with van der Waals surface area (Å²) in [4.78, 5) is 0. The Balaban J connectivity index is 1.62. The van der Waals surface area contributed by atoms with Crippen molar-refractivity contribution in [3.63, 3.8) is 0 Å². The number of rotatable bonds is 9. The summed E-state index contributed by atoms with van der Waals surface area (Å²) in [6.07, 6.45) is 0.821. The van der Waals surface area contributed by atoms with Gasteiger partial charge >= 0.3 is 0 Å².